The molecule has 0 saturated carbocycles. The highest BCUT2D eigenvalue weighted by Gasteiger charge is 2.51. The molecule has 0 bridgehead atoms. The van der Waals surface area contributed by atoms with E-state index in [1.807, 2.05) is 13.8 Å². The van der Waals surface area contributed by atoms with Crippen LogP contribution < -0.4 is 10.6 Å². The van der Waals surface area contributed by atoms with Crippen molar-refractivity contribution in [3.8, 4) is 0 Å². The Kier molecular flexibility index (Phi) is 7.35. The molecule has 0 spiro atoms. The number of carbonyl (C=O) groups excluding carboxylic acids is 2. The van der Waals surface area contributed by atoms with Crippen molar-refractivity contribution < 1.29 is 18.4 Å². The first kappa shape index (κ1) is 22.2. The maximum absolute atomic E-state index is 14.2. The normalized spacial score (nSPS) is 28.9. The van der Waals surface area contributed by atoms with E-state index in [9.17, 15) is 18.4 Å². The van der Waals surface area contributed by atoms with Crippen molar-refractivity contribution in [1.82, 2.24) is 15.5 Å². The lowest BCUT2D eigenvalue weighted by atomic mass is 9.94. The topological polar surface area (TPSA) is 73.8 Å². The van der Waals surface area contributed by atoms with Crippen LogP contribution in [-0.4, -0.2) is 65.5 Å². The first-order valence-corrected chi connectivity index (χ1v) is 10.5. The molecule has 2 aliphatic rings. The predicted molar refractivity (Wildman–Crippen MR) is 104 cm³/mol. The number of hydrogen-bond donors (Lipinski definition) is 2. The molecule has 2 heterocycles. The summed E-state index contributed by atoms with van der Waals surface area (Å²) in [5, 5.41) is 6.37. The molecular weight excluding hydrogens is 422 g/mol. The van der Waals surface area contributed by atoms with Crippen molar-refractivity contribution in [2.45, 2.75) is 64.1 Å². The van der Waals surface area contributed by atoms with Crippen LogP contribution in [0.4, 0.5) is 8.78 Å². The van der Waals surface area contributed by atoms with Crippen molar-refractivity contribution >= 4 is 33.6 Å². The van der Waals surface area contributed by atoms with E-state index < -0.39 is 31.0 Å². The molecule has 27 heavy (non-hydrogen) atoms. The molecule has 2 aliphatic heterocycles. The Labute approximate surface area is 167 Å². The quantitative estimate of drug-likeness (QED) is 0.583. The molecule has 1 fully saturated rings. The fraction of sp³-hybridized carbons (Fsp3) is 0.833. The van der Waals surface area contributed by atoms with Crippen molar-refractivity contribution in [3.63, 3.8) is 0 Å². The van der Waals surface area contributed by atoms with Crippen molar-refractivity contribution in [2.75, 3.05) is 18.9 Å². The zero-order valence-electron chi connectivity index (χ0n) is 16.3. The molecule has 1 saturated heterocycles. The minimum Gasteiger partial charge on any atom is -0.325 e. The van der Waals surface area contributed by atoms with Gasteiger partial charge >= 0.3 is 0 Å². The first-order valence-electron chi connectivity index (χ1n) is 9.41. The molecule has 4 atom stereocenters. The largest absolute Gasteiger partial charge is 0.325 e. The van der Waals surface area contributed by atoms with Crippen LogP contribution in [0.3, 0.4) is 0 Å². The number of hydrogen-bond acceptors (Lipinski definition) is 4. The Balaban J connectivity index is 2.31. The van der Waals surface area contributed by atoms with Gasteiger partial charge in [-0.05, 0) is 25.8 Å². The van der Waals surface area contributed by atoms with Crippen molar-refractivity contribution in [3.05, 3.63) is 0 Å². The van der Waals surface area contributed by atoms with E-state index in [0.29, 0.717) is 6.42 Å². The van der Waals surface area contributed by atoms with Gasteiger partial charge in [0, 0.05) is 11.8 Å². The molecule has 0 aromatic rings. The lowest BCUT2D eigenvalue weighted by molar-refractivity contribution is -0.135. The van der Waals surface area contributed by atoms with Crippen LogP contribution in [0.5, 0.6) is 0 Å². The lowest BCUT2D eigenvalue weighted by Gasteiger charge is -2.34. The highest BCUT2D eigenvalue weighted by molar-refractivity contribution is 9.09. The van der Waals surface area contributed by atoms with Gasteiger partial charge in [-0.25, -0.2) is 8.78 Å². The van der Waals surface area contributed by atoms with Crippen LogP contribution in [0.15, 0.2) is 4.99 Å². The molecule has 0 aliphatic carbocycles. The van der Waals surface area contributed by atoms with Crippen LogP contribution >= 0.6 is 15.9 Å². The summed E-state index contributed by atoms with van der Waals surface area (Å²) in [6, 6.07) is -1.74. The minimum absolute atomic E-state index is 0.0491. The van der Waals surface area contributed by atoms with E-state index >= 15 is 0 Å². The third kappa shape index (κ3) is 5.04. The Hall–Kier alpha value is -1.09. The second-order valence-electron chi connectivity index (χ2n) is 7.74. The van der Waals surface area contributed by atoms with Gasteiger partial charge in [-0.3, -0.25) is 14.6 Å². The van der Waals surface area contributed by atoms with Crippen molar-refractivity contribution in [1.29, 1.82) is 0 Å². The molecule has 0 aromatic carbocycles. The van der Waals surface area contributed by atoms with Gasteiger partial charge in [0.1, 0.15) is 5.84 Å². The molecular formula is C18H29BrF2N4O2. The van der Waals surface area contributed by atoms with Crippen LogP contribution in [0.1, 0.15) is 40.0 Å². The number of likely N-dealkylation sites (N-methyl/N-ethyl adjacent to an activating group) is 1. The Morgan fingerprint density at radius 1 is 1.48 bits per heavy atom. The zero-order valence-corrected chi connectivity index (χ0v) is 17.9. The van der Waals surface area contributed by atoms with Gasteiger partial charge in [0.25, 0.3) is 5.92 Å². The van der Waals surface area contributed by atoms with Crippen LogP contribution in [0, 0.1) is 11.8 Å². The van der Waals surface area contributed by atoms with E-state index in [-0.39, 0.29) is 35.5 Å². The molecule has 6 nitrogen and oxygen atoms in total. The van der Waals surface area contributed by atoms with Crippen molar-refractivity contribution in [2.24, 2.45) is 16.8 Å². The van der Waals surface area contributed by atoms with Crippen LogP contribution in [0.2, 0.25) is 0 Å². The van der Waals surface area contributed by atoms with Gasteiger partial charge in [-0.15, -0.1) is 0 Å². The summed E-state index contributed by atoms with van der Waals surface area (Å²) in [6.45, 7) is 4.86. The number of alkyl halides is 3. The number of nitrogens with one attached hydrogen (secondary N) is 2. The van der Waals surface area contributed by atoms with E-state index in [1.54, 1.807) is 14.0 Å². The van der Waals surface area contributed by atoms with Gasteiger partial charge < -0.3 is 15.5 Å². The molecule has 9 heteroatoms. The van der Waals surface area contributed by atoms with Gasteiger partial charge in [-0.2, -0.15) is 0 Å². The first-order chi connectivity index (χ1) is 12.6. The number of nitrogens with zero attached hydrogens (tertiary/aromatic N) is 2. The SMILES string of the molecule is CNC(C(=O)N1CC(F)(F)CC1C1=NC(CCCBr)C(C)C(=O)N1)C(C)C. The smallest absolute Gasteiger partial charge is 0.267 e. The Morgan fingerprint density at radius 2 is 2.15 bits per heavy atom. The monoisotopic (exact) mass is 450 g/mol. The fourth-order valence-corrected chi connectivity index (χ4v) is 4.04. The van der Waals surface area contributed by atoms with E-state index in [4.69, 9.17) is 0 Å². The minimum atomic E-state index is -3.00. The molecule has 0 radical (unpaired) electrons. The molecule has 2 rings (SSSR count). The second-order valence-corrected chi connectivity index (χ2v) is 8.54. The third-order valence-corrected chi connectivity index (χ3v) is 5.85. The van der Waals surface area contributed by atoms with E-state index in [1.165, 1.54) is 4.90 Å². The average Bonchev–Trinajstić information content (AvgIpc) is 2.92. The van der Waals surface area contributed by atoms with Gasteiger partial charge in [0.05, 0.1) is 30.6 Å². The number of aliphatic imine (C=N–C) groups is 1. The standard InChI is InChI=1S/C18H29BrF2N4O2/c1-10(2)14(22-4)17(27)25-9-18(20,21)8-13(25)15-23-12(6-5-7-19)11(3)16(26)24-15/h10-14,22H,5-9H2,1-4H3,(H,23,24,26). The van der Waals surface area contributed by atoms with E-state index in [0.717, 1.165) is 11.8 Å². The highest BCUT2D eigenvalue weighted by Crippen LogP contribution is 2.34. The number of amidine groups is 1. The summed E-state index contributed by atoms with van der Waals surface area (Å²) in [4.78, 5) is 31.0. The Morgan fingerprint density at radius 3 is 2.70 bits per heavy atom. The number of amides is 2. The fourth-order valence-electron chi connectivity index (χ4n) is 3.72. The zero-order chi connectivity index (χ0) is 20.4. The number of halogens is 3. The summed E-state index contributed by atoms with van der Waals surface area (Å²) in [5.74, 6) is -3.79. The maximum Gasteiger partial charge on any atom is 0.267 e. The molecule has 2 N–H and O–H groups in total. The van der Waals surface area contributed by atoms with Gasteiger partial charge in [0.2, 0.25) is 11.8 Å². The Bertz CT molecular complexity index is 600. The molecule has 4 unspecified atom stereocenters. The predicted octanol–water partition coefficient (Wildman–Crippen LogP) is 2.17. The third-order valence-electron chi connectivity index (χ3n) is 5.29. The number of carbonyl (C=O) groups is 2. The number of likely N-dealkylation sites (tertiary alicyclic amines) is 1. The average molecular weight is 451 g/mol. The highest BCUT2D eigenvalue weighted by atomic mass is 79.9. The summed E-state index contributed by atoms with van der Waals surface area (Å²) in [7, 11) is 1.64. The van der Waals surface area contributed by atoms with Gasteiger partial charge in [-0.1, -0.05) is 36.7 Å². The van der Waals surface area contributed by atoms with E-state index in [2.05, 4.69) is 31.6 Å². The van der Waals surface area contributed by atoms with Crippen LogP contribution in [-0.2, 0) is 9.59 Å². The molecule has 154 valence electrons. The summed E-state index contributed by atoms with van der Waals surface area (Å²) in [6.07, 6.45) is 0.995. The maximum atomic E-state index is 14.2. The van der Waals surface area contributed by atoms with Gasteiger partial charge in [0.15, 0.2) is 0 Å². The summed E-state index contributed by atoms with van der Waals surface area (Å²) >= 11 is 3.37. The number of rotatable bonds is 7. The molecule has 2 amide bonds. The molecule has 0 aromatic heterocycles. The lowest BCUT2D eigenvalue weighted by Crippen LogP contribution is -2.56. The summed E-state index contributed by atoms with van der Waals surface area (Å²) in [5.41, 5.74) is 0. The summed E-state index contributed by atoms with van der Waals surface area (Å²) < 4.78 is 28.4. The second kappa shape index (κ2) is 8.94. The van der Waals surface area contributed by atoms with Crippen LogP contribution in [0.25, 0.3) is 0 Å².